The molecule has 1 atom stereocenters. The minimum absolute atomic E-state index is 0.339. The van der Waals surface area contributed by atoms with Crippen molar-refractivity contribution in [1.82, 2.24) is 0 Å². The number of ether oxygens (including phenoxy) is 1. The van der Waals surface area contributed by atoms with E-state index >= 15 is 0 Å². The highest BCUT2D eigenvalue weighted by Crippen LogP contribution is 2.07. The Kier molecular flexibility index (Phi) is 7.19. The van der Waals surface area contributed by atoms with Gasteiger partial charge in [-0.3, -0.25) is 0 Å². The average molecular weight is 286 g/mol. The highest BCUT2D eigenvalue weighted by atomic mass is 16.5. The van der Waals surface area contributed by atoms with Gasteiger partial charge in [-0.1, -0.05) is 48.0 Å². The van der Waals surface area contributed by atoms with Crippen LogP contribution in [0.3, 0.4) is 0 Å². The van der Waals surface area contributed by atoms with Crippen LogP contribution in [-0.2, 0) is 11.2 Å². The Morgan fingerprint density at radius 3 is 2.05 bits per heavy atom. The smallest absolute Gasteiger partial charge is 0.337 e. The monoisotopic (exact) mass is 286 g/mol. The van der Waals surface area contributed by atoms with Crippen molar-refractivity contribution in [3.8, 4) is 0 Å². The fraction of sp³-hybridized carbons (Fsp3) is 0.278. The molecular weight excluding hydrogens is 264 g/mol. The second-order valence-electron chi connectivity index (χ2n) is 4.90. The molecule has 1 N–H and O–H groups in total. The van der Waals surface area contributed by atoms with Gasteiger partial charge in [0.15, 0.2) is 0 Å². The predicted molar refractivity (Wildman–Crippen MR) is 84.3 cm³/mol. The maximum absolute atomic E-state index is 11.1. The second kappa shape index (κ2) is 8.93. The molecule has 0 aliphatic rings. The number of rotatable bonds is 3. The molecule has 2 rings (SSSR count). The van der Waals surface area contributed by atoms with Crippen molar-refractivity contribution in [3.63, 3.8) is 0 Å². The predicted octanol–water partition coefficient (Wildman–Crippen LogP) is 3.39. The van der Waals surface area contributed by atoms with Gasteiger partial charge in [0.1, 0.15) is 0 Å². The van der Waals surface area contributed by atoms with E-state index in [0.717, 1.165) is 5.56 Å². The van der Waals surface area contributed by atoms with Crippen LogP contribution < -0.4 is 0 Å². The molecule has 0 aliphatic heterocycles. The molecule has 0 heterocycles. The number of carbonyl (C=O) groups is 1. The van der Waals surface area contributed by atoms with Gasteiger partial charge in [0.2, 0.25) is 0 Å². The third-order valence-corrected chi connectivity index (χ3v) is 2.85. The fourth-order valence-corrected chi connectivity index (χ4v) is 1.77. The standard InChI is InChI=1S/C11H14O3.C7H8/c1-8(12)7-9-3-5-10(6-4-9)11(13)14-2;1-7-5-3-2-4-6-7/h3-6,8,12H,7H2,1-2H3;2-6H,1H3. The summed E-state index contributed by atoms with van der Waals surface area (Å²) in [5.41, 5.74) is 2.86. The topological polar surface area (TPSA) is 46.5 Å². The molecule has 3 nitrogen and oxygen atoms in total. The molecule has 112 valence electrons. The molecule has 0 bridgehead atoms. The van der Waals surface area contributed by atoms with E-state index < -0.39 is 0 Å². The molecular formula is C18H22O3. The second-order valence-corrected chi connectivity index (χ2v) is 4.90. The number of esters is 1. The van der Waals surface area contributed by atoms with Gasteiger partial charge in [-0.2, -0.15) is 0 Å². The zero-order valence-electron chi connectivity index (χ0n) is 12.7. The molecule has 2 aromatic rings. The molecule has 1 unspecified atom stereocenters. The number of aliphatic hydroxyl groups excluding tert-OH is 1. The van der Waals surface area contributed by atoms with Crippen molar-refractivity contribution >= 4 is 5.97 Å². The van der Waals surface area contributed by atoms with Crippen molar-refractivity contribution in [3.05, 3.63) is 71.3 Å². The van der Waals surface area contributed by atoms with Crippen LogP contribution in [0, 0.1) is 6.92 Å². The first-order valence-corrected chi connectivity index (χ1v) is 6.90. The Bertz CT molecular complexity index is 530. The summed E-state index contributed by atoms with van der Waals surface area (Å²) < 4.78 is 4.57. The molecule has 0 saturated heterocycles. The first-order valence-electron chi connectivity index (χ1n) is 6.90. The molecule has 0 fully saturated rings. The SMILES string of the molecule is COC(=O)c1ccc(CC(C)O)cc1.Cc1ccccc1. The first-order chi connectivity index (χ1) is 10.0. The molecule has 0 saturated carbocycles. The molecule has 0 aliphatic carbocycles. The number of hydrogen-bond acceptors (Lipinski definition) is 3. The Balaban J connectivity index is 0.000000262. The summed E-state index contributed by atoms with van der Waals surface area (Å²) in [4.78, 5) is 11.1. The van der Waals surface area contributed by atoms with E-state index in [-0.39, 0.29) is 12.1 Å². The molecule has 0 radical (unpaired) electrons. The average Bonchev–Trinajstić information content (AvgIpc) is 2.48. The van der Waals surface area contributed by atoms with Crippen molar-refractivity contribution in [2.24, 2.45) is 0 Å². The van der Waals surface area contributed by atoms with E-state index in [1.807, 2.05) is 30.3 Å². The van der Waals surface area contributed by atoms with E-state index in [9.17, 15) is 4.79 Å². The maximum Gasteiger partial charge on any atom is 0.337 e. The van der Waals surface area contributed by atoms with Crippen molar-refractivity contribution in [1.29, 1.82) is 0 Å². The van der Waals surface area contributed by atoms with Crippen LogP contribution in [0.2, 0.25) is 0 Å². The Hall–Kier alpha value is -2.13. The lowest BCUT2D eigenvalue weighted by Crippen LogP contribution is -2.05. The van der Waals surface area contributed by atoms with E-state index in [0.29, 0.717) is 12.0 Å². The van der Waals surface area contributed by atoms with Gasteiger partial charge in [0, 0.05) is 0 Å². The molecule has 3 heteroatoms. The summed E-state index contributed by atoms with van der Waals surface area (Å²) in [6.07, 6.45) is 0.237. The third kappa shape index (κ3) is 6.72. The minimum atomic E-state index is -0.362. The number of methoxy groups -OCH3 is 1. The molecule has 0 aromatic heterocycles. The largest absolute Gasteiger partial charge is 0.465 e. The van der Waals surface area contributed by atoms with E-state index in [4.69, 9.17) is 5.11 Å². The lowest BCUT2D eigenvalue weighted by molar-refractivity contribution is 0.0600. The number of aliphatic hydroxyl groups is 1. The molecule has 0 amide bonds. The highest BCUT2D eigenvalue weighted by Gasteiger charge is 2.05. The Morgan fingerprint density at radius 2 is 1.67 bits per heavy atom. The maximum atomic E-state index is 11.1. The molecule has 0 spiro atoms. The van der Waals surface area contributed by atoms with Crippen LogP contribution in [0.15, 0.2) is 54.6 Å². The molecule has 2 aromatic carbocycles. The van der Waals surface area contributed by atoms with Crippen LogP contribution in [0.4, 0.5) is 0 Å². The zero-order chi connectivity index (χ0) is 15.7. The summed E-state index contributed by atoms with van der Waals surface area (Å²) >= 11 is 0. The van der Waals surface area contributed by atoms with Crippen LogP contribution in [0.5, 0.6) is 0 Å². The Labute approximate surface area is 126 Å². The third-order valence-electron chi connectivity index (χ3n) is 2.85. The van der Waals surface area contributed by atoms with Gasteiger partial charge < -0.3 is 9.84 Å². The lowest BCUT2D eigenvalue weighted by Gasteiger charge is -2.04. The summed E-state index contributed by atoms with van der Waals surface area (Å²) in [6.45, 7) is 3.81. The summed E-state index contributed by atoms with van der Waals surface area (Å²) in [5.74, 6) is -0.339. The number of benzene rings is 2. The summed E-state index contributed by atoms with van der Waals surface area (Å²) in [5, 5.41) is 9.14. The van der Waals surface area contributed by atoms with Crippen LogP contribution >= 0.6 is 0 Å². The summed E-state index contributed by atoms with van der Waals surface area (Å²) in [6, 6.07) is 17.3. The Morgan fingerprint density at radius 1 is 1.10 bits per heavy atom. The zero-order valence-corrected chi connectivity index (χ0v) is 12.7. The van der Waals surface area contributed by atoms with Gasteiger partial charge in [-0.05, 0) is 38.0 Å². The lowest BCUT2D eigenvalue weighted by atomic mass is 10.1. The summed E-state index contributed by atoms with van der Waals surface area (Å²) in [7, 11) is 1.35. The molecule has 21 heavy (non-hydrogen) atoms. The van der Waals surface area contributed by atoms with Crippen LogP contribution in [0.1, 0.15) is 28.4 Å². The minimum Gasteiger partial charge on any atom is -0.465 e. The van der Waals surface area contributed by atoms with E-state index in [1.165, 1.54) is 12.7 Å². The van der Waals surface area contributed by atoms with E-state index in [2.05, 4.69) is 23.8 Å². The normalized spacial score (nSPS) is 11.0. The number of aryl methyl sites for hydroxylation is 1. The first kappa shape index (κ1) is 16.9. The van der Waals surface area contributed by atoms with Crippen molar-refractivity contribution in [2.75, 3.05) is 7.11 Å². The van der Waals surface area contributed by atoms with Crippen LogP contribution in [0.25, 0.3) is 0 Å². The highest BCUT2D eigenvalue weighted by molar-refractivity contribution is 5.89. The van der Waals surface area contributed by atoms with Gasteiger partial charge in [0.25, 0.3) is 0 Å². The van der Waals surface area contributed by atoms with Crippen LogP contribution in [-0.4, -0.2) is 24.3 Å². The van der Waals surface area contributed by atoms with Gasteiger partial charge in [-0.25, -0.2) is 4.79 Å². The fourth-order valence-electron chi connectivity index (χ4n) is 1.77. The van der Waals surface area contributed by atoms with Gasteiger partial charge in [0.05, 0.1) is 18.8 Å². The number of hydrogen-bond donors (Lipinski definition) is 1. The number of carbonyl (C=O) groups excluding carboxylic acids is 1. The van der Waals surface area contributed by atoms with Crippen molar-refractivity contribution in [2.45, 2.75) is 26.4 Å². The van der Waals surface area contributed by atoms with Crippen molar-refractivity contribution < 1.29 is 14.6 Å². The van der Waals surface area contributed by atoms with E-state index in [1.54, 1.807) is 19.1 Å². The quantitative estimate of drug-likeness (QED) is 0.880. The van der Waals surface area contributed by atoms with Gasteiger partial charge >= 0.3 is 5.97 Å². The van der Waals surface area contributed by atoms with Gasteiger partial charge in [-0.15, -0.1) is 0 Å².